The zero-order chi connectivity index (χ0) is 21.3. The highest BCUT2D eigenvalue weighted by molar-refractivity contribution is 6.11. The van der Waals surface area contributed by atoms with Crippen molar-refractivity contribution < 1.29 is 19.1 Å². The van der Waals surface area contributed by atoms with Crippen molar-refractivity contribution in [1.82, 2.24) is 4.90 Å². The summed E-state index contributed by atoms with van der Waals surface area (Å²) in [6.45, 7) is 6.77. The van der Waals surface area contributed by atoms with Crippen molar-refractivity contribution in [3.63, 3.8) is 0 Å². The number of hydrogen-bond acceptors (Lipinski definition) is 5. The molecule has 2 aliphatic rings. The number of rotatable bonds is 7. The number of anilines is 1. The lowest BCUT2D eigenvalue weighted by molar-refractivity contribution is 0.0351. The van der Waals surface area contributed by atoms with E-state index in [0.717, 1.165) is 11.1 Å². The average Bonchev–Trinajstić information content (AvgIpc) is 3.28. The second-order valence-electron chi connectivity index (χ2n) is 7.56. The van der Waals surface area contributed by atoms with Crippen LogP contribution in [0.25, 0.3) is 0 Å². The normalized spacial score (nSPS) is 19.4. The third-order valence-corrected chi connectivity index (χ3v) is 5.63. The first-order chi connectivity index (χ1) is 14.6. The van der Waals surface area contributed by atoms with E-state index in [4.69, 9.17) is 9.47 Å². The van der Waals surface area contributed by atoms with E-state index in [0.29, 0.717) is 36.4 Å². The van der Waals surface area contributed by atoms with Gasteiger partial charge in [-0.05, 0) is 25.0 Å². The summed E-state index contributed by atoms with van der Waals surface area (Å²) < 4.78 is 11.3. The molecule has 0 saturated carbocycles. The number of fused-ring (bicyclic) bond motifs is 3. The standard InChI is InChI=1S/C24H26N2O4/c1-4-13-25(3)19-12-11-18-20(21(19)24(28)29-5-2)22(27)26-17(15-30-23(18)26)14-16-9-7-6-8-10-16/h4,6-12,17,23H,1,5,13-15H2,2-3H3/t17-,23+/m0/s1. The van der Waals surface area contributed by atoms with Gasteiger partial charge in [0.2, 0.25) is 0 Å². The van der Waals surface area contributed by atoms with E-state index in [2.05, 4.69) is 6.58 Å². The fraction of sp³-hybridized carbons (Fsp3) is 0.333. The van der Waals surface area contributed by atoms with Gasteiger partial charge in [0.1, 0.15) is 0 Å². The van der Waals surface area contributed by atoms with Crippen molar-refractivity contribution in [3.05, 3.63) is 77.4 Å². The number of nitrogens with zero attached hydrogens (tertiary/aromatic N) is 2. The summed E-state index contributed by atoms with van der Waals surface area (Å²) in [5, 5.41) is 0. The van der Waals surface area contributed by atoms with Gasteiger partial charge in [0.25, 0.3) is 5.91 Å². The fourth-order valence-electron chi connectivity index (χ4n) is 4.30. The molecule has 1 amide bonds. The molecule has 4 rings (SSSR count). The van der Waals surface area contributed by atoms with Gasteiger partial charge >= 0.3 is 5.97 Å². The Kier molecular flexibility index (Phi) is 5.59. The third-order valence-electron chi connectivity index (χ3n) is 5.63. The molecule has 0 aromatic heterocycles. The Morgan fingerprint density at radius 1 is 1.30 bits per heavy atom. The number of esters is 1. The zero-order valence-electron chi connectivity index (χ0n) is 17.3. The maximum Gasteiger partial charge on any atom is 0.341 e. The van der Waals surface area contributed by atoms with Crippen LogP contribution in [-0.2, 0) is 15.9 Å². The predicted octanol–water partition coefficient (Wildman–Crippen LogP) is 3.58. The van der Waals surface area contributed by atoms with Crippen molar-refractivity contribution in [2.24, 2.45) is 0 Å². The van der Waals surface area contributed by atoms with Crippen LogP contribution in [-0.4, -0.2) is 49.6 Å². The highest BCUT2D eigenvalue weighted by Crippen LogP contribution is 2.44. The van der Waals surface area contributed by atoms with E-state index >= 15 is 0 Å². The van der Waals surface area contributed by atoms with Gasteiger partial charge in [-0.25, -0.2) is 4.79 Å². The van der Waals surface area contributed by atoms with Crippen LogP contribution in [0.4, 0.5) is 5.69 Å². The summed E-state index contributed by atoms with van der Waals surface area (Å²) >= 11 is 0. The molecule has 0 bridgehead atoms. The molecule has 2 atom stereocenters. The first-order valence-corrected chi connectivity index (χ1v) is 10.2. The number of benzene rings is 2. The maximum atomic E-state index is 13.5. The molecule has 0 aliphatic carbocycles. The largest absolute Gasteiger partial charge is 0.462 e. The molecule has 6 heteroatoms. The lowest BCUT2D eigenvalue weighted by Gasteiger charge is -2.23. The molecule has 1 saturated heterocycles. The molecular weight excluding hydrogens is 380 g/mol. The smallest absolute Gasteiger partial charge is 0.341 e. The minimum atomic E-state index is -0.491. The predicted molar refractivity (Wildman–Crippen MR) is 115 cm³/mol. The minimum absolute atomic E-state index is 0.0818. The lowest BCUT2D eigenvalue weighted by Crippen LogP contribution is -2.35. The number of likely N-dealkylation sites (N-methyl/N-ethyl adjacent to an activating group) is 1. The Labute approximate surface area is 176 Å². The maximum absolute atomic E-state index is 13.5. The Balaban J connectivity index is 1.74. The van der Waals surface area contributed by atoms with E-state index < -0.39 is 12.2 Å². The van der Waals surface area contributed by atoms with Gasteiger partial charge in [-0.15, -0.1) is 6.58 Å². The highest BCUT2D eigenvalue weighted by atomic mass is 16.5. The molecule has 2 heterocycles. The van der Waals surface area contributed by atoms with Crippen molar-refractivity contribution >= 4 is 17.6 Å². The quantitative estimate of drug-likeness (QED) is 0.520. The molecule has 0 radical (unpaired) electrons. The zero-order valence-corrected chi connectivity index (χ0v) is 17.3. The summed E-state index contributed by atoms with van der Waals surface area (Å²) in [6, 6.07) is 13.7. The molecule has 2 aliphatic heterocycles. The fourth-order valence-corrected chi connectivity index (χ4v) is 4.30. The van der Waals surface area contributed by atoms with E-state index in [9.17, 15) is 9.59 Å². The Bertz CT molecular complexity index is 973. The molecule has 2 aromatic carbocycles. The summed E-state index contributed by atoms with van der Waals surface area (Å²) in [6.07, 6.45) is 1.99. The van der Waals surface area contributed by atoms with E-state index in [1.54, 1.807) is 17.9 Å². The van der Waals surface area contributed by atoms with Crippen LogP contribution in [0.1, 0.15) is 45.0 Å². The second kappa shape index (κ2) is 8.32. The Morgan fingerprint density at radius 2 is 2.07 bits per heavy atom. The summed E-state index contributed by atoms with van der Waals surface area (Å²) in [4.78, 5) is 30.1. The number of hydrogen-bond donors (Lipinski definition) is 0. The monoisotopic (exact) mass is 406 g/mol. The molecule has 30 heavy (non-hydrogen) atoms. The van der Waals surface area contributed by atoms with Crippen LogP contribution in [0.2, 0.25) is 0 Å². The number of carbonyl (C=O) groups is 2. The van der Waals surface area contributed by atoms with E-state index in [1.165, 1.54) is 0 Å². The van der Waals surface area contributed by atoms with Crippen molar-refractivity contribution in [1.29, 1.82) is 0 Å². The summed E-state index contributed by atoms with van der Waals surface area (Å²) in [7, 11) is 1.86. The van der Waals surface area contributed by atoms with Crippen molar-refractivity contribution in [3.8, 4) is 0 Å². The first-order valence-electron chi connectivity index (χ1n) is 10.2. The van der Waals surface area contributed by atoms with Gasteiger partial charge in [-0.2, -0.15) is 0 Å². The third kappa shape index (κ3) is 3.37. The van der Waals surface area contributed by atoms with Gasteiger partial charge in [0, 0.05) is 19.2 Å². The van der Waals surface area contributed by atoms with E-state index in [1.807, 2.05) is 54.4 Å². The van der Waals surface area contributed by atoms with Gasteiger partial charge in [0.05, 0.1) is 36.1 Å². The molecule has 0 spiro atoms. The molecule has 156 valence electrons. The SMILES string of the molecule is C=CCN(C)c1ccc2c(c1C(=O)OCC)C(=O)N1[C@@H](Cc3ccccc3)CO[C@H]21. The minimum Gasteiger partial charge on any atom is -0.462 e. The van der Waals surface area contributed by atoms with Crippen LogP contribution in [0.3, 0.4) is 0 Å². The summed E-state index contributed by atoms with van der Waals surface area (Å²) in [5.74, 6) is -0.667. The van der Waals surface area contributed by atoms with Gasteiger partial charge < -0.3 is 19.3 Å². The van der Waals surface area contributed by atoms with Crippen LogP contribution in [0, 0.1) is 0 Å². The number of amides is 1. The highest BCUT2D eigenvalue weighted by Gasteiger charge is 2.48. The number of ether oxygens (including phenoxy) is 2. The molecule has 6 nitrogen and oxygen atoms in total. The molecule has 1 fully saturated rings. The van der Waals surface area contributed by atoms with Crippen molar-refractivity contribution in [2.75, 3.05) is 31.7 Å². The van der Waals surface area contributed by atoms with Crippen LogP contribution in [0.5, 0.6) is 0 Å². The Hall–Kier alpha value is -3.12. The van der Waals surface area contributed by atoms with Gasteiger partial charge in [0.15, 0.2) is 6.23 Å². The van der Waals surface area contributed by atoms with Gasteiger partial charge in [-0.3, -0.25) is 4.79 Å². The van der Waals surface area contributed by atoms with Crippen LogP contribution >= 0.6 is 0 Å². The number of carbonyl (C=O) groups excluding carboxylic acids is 2. The first kappa shape index (κ1) is 20.2. The van der Waals surface area contributed by atoms with E-state index in [-0.39, 0.29) is 18.6 Å². The average molecular weight is 406 g/mol. The molecule has 2 aromatic rings. The molecule has 0 unspecified atom stereocenters. The molecule has 0 N–H and O–H groups in total. The van der Waals surface area contributed by atoms with Crippen molar-refractivity contribution in [2.45, 2.75) is 25.6 Å². The summed E-state index contributed by atoms with van der Waals surface area (Å²) in [5.41, 5.74) is 3.23. The second-order valence-corrected chi connectivity index (χ2v) is 7.56. The Morgan fingerprint density at radius 3 is 2.77 bits per heavy atom. The van der Waals surface area contributed by atoms with Crippen LogP contribution in [0.15, 0.2) is 55.1 Å². The van der Waals surface area contributed by atoms with Gasteiger partial charge in [-0.1, -0.05) is 42.5 Å². The topological polar surface area (TPSA) is 59.1 Å². The lowest BCUT2D eigenvalue weighted by atomic mass is 9.99. The molecular formula is C24H26N2O4. The van der Waals surface area contributed by atoms with Crippen LogP contribution < -0.4 is 4.90 Å².